The van der Waals surface area contributed by atoms with E-state index in [2.05, 4.69) is 0 Å². The molecule has 0 saturated carbocycles. The summed E-state index contributed by atoms with van der Waals surface area (Å²) in [5, 5.41) is 28.3. The van der Waals surface area contributed by atoms with E-state index in [0.29, 0.717) is 41.4 Å². The number of nitrogens with zero attached hydrogens (tertiary/aromatic N) is 3. The standard InChI is InChI=1S/C23H28N6O7S/c1-14-18(16-3-2-11-27(13-16)22(24)25)8-9-19(21(30)31)20(14)37(35,36)28(23(26)32)12-10-15-4-6-17(7-5-15)29(33)34/h4-9,16H,2-3,10-13H2,1H3,(H3,24,25)(H2,26,32)(H,30,31). The number of hydrogen-bond donors (Lipinski definition) is 4. The van der Waals surface area contributed by atoms with Crippen LogP contribution in [0.15, 0.2) is 41.3 Å². The number of nitro groups is 1. The third-order valence-corrected chi connectivity index (χ3v) is 8.41. The van der Waals surface area contributed by atoms with Gasteiger partial charge < -0.3 is 21.5 Å². The number of carbonyl (C=O) groups is 2. The maximum Gasteiger partial charge on any atom is 0.337 e. The monoisotopic (exact) mass is 532 g/mol. The third-order valence-electron chi connectivity index (χ3n) is 6.42. The molecule has 6 N–H and O–H groups in total. The number of likely N-dealkylation sites (tertiary alicyclic amines) is 1. The highest BCUT2D eigenvalue weighted by atomic mass is 32.2. The summed E-state index contributed by atoms with van der Waals surface area (Å²) < 4.78 is 27.8. The van der Waals surface area contributed by atoms with E-state index < -0.39 is 44.0 Å². The third kappa shape index (κ3) is 5.80. The molecule has 0 spiro atoms. The number of guanidine groups is 1. The minimum atomic E-state index is -4.70. The van der Waals surface area contributed by atoms with Crippen LogP contribution in [0.4, 0.5) is 10.5 Å². The van der Waals surface area contributed by atoms with Crippen molar-refractivity contribution >= 4 is 33.7 Å². The number of carbonyl (C=O) groups excluding carboxylic acids is 1. The summed E-state index contributed by atoms with van der Waals surface area (Å²) in [6, 6.07) is 6.83. The number of nitro benzene ring substituents is 1. The summed E-state index contributed by atoms with van der Waals surface area (Å²) in [4.78, 5) is 35.7. The summed E-state index contributed by atoms with van der Waals surface area (Å²) >= 11 is 0. The molecule has 0 aromatic heterocycles. The first kappa shape index (κ1) is 27.4. The van der Waals surface area contributed by atoms with Gasteiger partial charge in [0.05, 0.1) is 10.5 Å². The van der Waals surface area contributed by atoms with Crippen molar-refractivity contribution in [3.8, 4) is 0 Å². The lowest BCUT2D eigenvalue weighted by Crippen LogP contribution is -2.43. The predicted molar refractivity (Wildman–Crippen MR) is 134 cm³/mol. The second kappa shape index (κ2) is 10.8. The summed E-state index contributed by atoms with van der Waals surface area (Å²) in [5.74, 6) is -1.80. The molecule has 0 aliphatic carbocycles. The van der Waals surface area contributed by atoms with Gasteiger partial charge in [0, 0.05) is 37.7 Å². The molecule has 1 atom stereocenters. The van der Waals surface area contributed by atoms with E-state index >= 15 is 0 Å². The molecular weight excluding hydrogens is 504 g/mol. The molecule has 0 radical (unpaired) electrons. The topological polar surface area (TPSA) is 214 Å². The van der Waals surface area contributed by atoms with Gasteiger partial charge in [-0.25, -0.2) is 22.3 Å². The number of primary amides is 1. The Morgan fingerprint density at radius 3 is 2.41 bits per heavy atom. The lowest BCUT2D eigenvalue weighted by Gasteiger charge is -2.34. The molecule has 1 fully saturated rings. The fourth-order valence-corrected chi connectivity index (χ4v) is 6.30. The number of nitrogens with two attached hydrogens (primary N) is 2. The van der Waals surface area contributed by atoms with E-state index in [1.165, 1.54) is 37.3 Å². The van der Waals surface area contributed by atoms with Crippen LogP contribution in [0.25, 0.3) is 0 Å². The number of benzene rings is 2. The van der Waals surface area contributed by atoms with Gasteiger partial charge in [0.1, 0.15) is 4.90 Å². The average Bonchev–Trinajstić information content (AvgIpc) is 2.83. The fraction of sp³-hybridized carbons (Fsp3) is 0.348. The molecule has 13 nitrogen and oxygen atoms in total. The van der Waals surface area contributed by atoms with Gasteiger partial charge in [0.2, 0.25) is 0 Å². The van der Waals surface area contributed by atoms with Gasteiger partial charge in [-0.15, -0.1) is 0 Å². The van der Waals surface area contributed by atoms with Crippen LogP contribution in [0.3, 0.4) is 0 Å². The normalized spacial score (nSPS) is 15.7. The van der Waals surface area contributed by atoms with Crippen molar-refractivity contribution in [2.24, 2.45) is 11.5 Å². The number of hydrogen-bond acceptors (Lipinski definition) is 7. The predicted octanol–water partition coefficient (Wildman–Crippen LogP) is 1.99. The second-order valence-corrected chi connectivity index (χ2v) is 10.5. The zero-order valence-corrected chi connectivity index (χ0v) is 20.9. The number of sulfonamides is 1. The van der Waals surface area contributed by atoms with Gasteiger partial charge >= 0.3 is 12.0 Å². The number of piperidine rings is 1. The van der Waals surface area contributed by atoms with E-state index in [9.17, 15) is 33.2 Å². The summed E-state index contributed by atoms with van der Waals surface area (Å²) in [7, 11) is -4.70. The van der Waals surface area contributed by atoms with Crippen LogP contribution < -0.4 is 11.5 Å². The SMILES string of the molecule is Cc1c(C2CCCN(C(=N)N)C2)ccc(C(=O)O)c1S(=O)(=O)N(CCc1ccc([N+](=O)[O-])cc1)C(N)=O. The van der Waals surface area contributed by atoms with Crippen LogP contribution in [0.1, 0.15) is 45.8 Å². The number of nitrogens with one attached hydrogen (secondary N) is 1. The molecular formula is C23H28N6O7S. The van der Waals surface area contributed by atoms with Crippen molar-refractivity contribution in [1.29, 1.82) is 5.41 Å². The maximum atomic E-state index is 13.7. The van der Waals surface area contributed by atoms with Crippen LogP contribution in [0, 0.1) is 22.4 Å². The Morgan fingerprint density at radius 1 is 1.22 bits per heavy atom. The van der Waals surface area contributed by atoms with Crippen LogP contribution in [-0.2, 0) is 16.4 Å². The second-order valence-electron chi connectivity index (χ2n) is 8.72. The number of aromatic carboxylic acids is 1. The first-order valence-electron chi connectivity index (χ1n) is 11.4. The van der Waals surface area contributed by atoms with Gasteiger partial charge in [-0.2, -0.15) is 0 Å². The largest absolute Gasteiger partial charge is 0.478 e. The van der Waals surface area contributed by atoms with Crippen LogP contribution in [-0.4, -0.2) is 65.2 Å². The van der Waals surface area contributed by atoms with Crippen molar-refractivity contribution in [3.05, 3.63) is 68.8 Å². The van der Waals surface area contributed by atoms with Crippen molar-refractivity contribution < 1.29 is 28.0 Å². The molecule has 14 heteroatoms. The Morgan fingerprint density at radius 2 is 1.86 bits per heavy atom. The molecule has 2 aromatic rings. The maximum absolute atomic E-state index is 13.7. The number of carboxylic acid groups (broad SMARTS) is 1. The first-order valence-corrected chi connectivity index (χ1v) is 12.8. The smallest absolute Gasteiger partial charge is 0.337 e. The Labute approximate surface area is 213 Å². The van der Waals surface area contributed by atoms with E-state index in [1.54, 1.807) is 11.0 Å². The fourth-order valence-electron chi connectivity index (χ4n) is 4.57. The molecule has 1 aliphatic rings. The number of amides is 2. The highest BCUT2D eigenvalue weighted by Gasteiger charge is 2.35. The minimum absolute atomic E-state index is 0.00248. The van der Waals surface area contributed by atoms with E-state index in [1.807, 2.05) is 0 Å². The zero-order valence-electron chi connectivity index (χ0n) is 20.1. The first-order chi connectivity index (χ1) is 17.3. The van der Waals surface area contributed by atoms with E-state index in [-0.39, 0.29) is 29.5 Å². The quantitative estimate of drug-likeness (QED) is 0.169. The summed E-state index contributed by atoms with van der Waals surface area (Å²) in [6.07, 6.45) is 1.38. The van der Waals surface area contributed by atoms with Gasteiger partial charge in [0.15, 0.2) is 5.96 Å². The van der Waals surface area contributed by atoms with Crippen LogP contribution >= 0.6 is 0 Å². The van der Waals surface area contributed by atoms with Crippen molar-refractivity contribution in [2.75, 3.05) is 19.6 Å². The molecule has 1 aliphatic heterocycles. The molecule has 2 aromatic carbocycles. The Bertz CT molecular complexity index is 1340. The van der Waals surface area contributed by atoms with Crippen molar-refractivity contribution in [3.63, 3.8) is 0 Å². The van der Waals surface area contributed by atoms with Gasteiger partial charge in [-0.05, 0) is 48.9 Å². The Kier molecular flexibility index (Phi) is 8.01. The number of non-ortho nitro benzene ring substituents is 1. The molecule has 1 heterocycles. The molecule has 37 heavy (non-hydrogen) atoms. The van der Waals surface area contributed by atoms with Gasteiger partial charge in [-0.3, -0.25) is 15.5 Å². The van der Waals surface area contributed by atoms with Gasteiger partial charge in [-0.1, -0.05) is 18.2 Å². The highest BCUT2D eigenvalue weighted by molar-refractivity contribution is 7.89. The molecule has 198 valence electrons. The van der Waals surface area contributed by atoms with Crippen molar-refractivity contribution in [2.45, 2.75) is 37.0 Å². The molecule has 1 unspecified atom stereocenters. The zero-order chi connectivity index (χ0) is 27.5. The van der Waals surface area contributed by atoms with E-state index in [0.717, 1.165) is 0 Å². The van der Waals surface area contributed by atoms with Crippen LogP contribution in [0.5, 0.6) is 0 Å². The summed E-state index contributed by atoms with van der Waals surface area (Å²) in [6.45, 7) is 2.03. The molecule has 1 saturated heterocycles. The Balaban J connectivity index is 2.01. The molecule has 3 rings (SSSR count). The van der Waals surface area contributed by atoms with Gasteiger partial charge in [0.25, 0.3) is 15.7 Å². The Hall–Kier alpha value is -4.20. The number of rotatable bonds is 8. The molecule has 2 amide bonds. The number of carboxylic acids is 1. The van der Waals surface area contributed by atoms with E-state index in [4.69, 9.17) is 16.9 Å². The van der Waals surface area contributed by atoms with Crippen molar-refractivity contribution in [1.82, 2.24) is 9.21 Å². The summed E-state index contributed by atoms with van der Waals surface area (Å²) in [5.41, 5.74) is 11.7. The van der Waals surface area contributed by atoms with Crippen LogP contribution in [0.2, 0.25) is 0 Å². The highest BCUT2D eigenvalue weighted by Crippen LogP contribution is 2.35. The lowest BCUT2D eigenvalue weighted by atomic mass is 9.87. The molecule has 0 bridgehead atoms. The number of urea groups is 1. The average molecular weight is 533 g/mol. The minimum Gasteiger partial charge on any atom is -0.478 e. The lowest BCUT2D eigenvalue weighted by molar-refractivity contribution is -0.384.